The molecule has 1 atom stereocenters. The Kier molecular flexibility index (Phi) is 4.74. The monoisotopic (exact) mass is 198 g/mol. The van der Waals surface area contributed by atoms with E-state index in [1.807, 2.05) is 6.92 Å². The van der Waals surface area contributed by atoms with E-state index in [0.29, 0.717) is 0 Å². The lowest BCUT2D eigenvalue weighted by atomic mass is 10.1. The van der Waals surface area contributed by atoms with Crippen molar-refractivity contribution in [3.8, 4) is 0 Å². The van der Waals surface area contributed by atoms with E-state index in [1.165, 1.54) is 25.7 Å². The molecule has 2 heteroatoms. The van der Waals surface area contributed by atoms with Crippen LogP contribution in [0.2, 0.25) is 13.1 Å². The molecular weight excluding hydrogens is 176 g/mol. The summed E-state index contributed by atoms with van der Waals surface area (Å²) < 4.78 is 5.18. The van der Waals surface area contributed by atoms with Crippen LogP contribution in [0.25, 0.3) is 0 Å². The number of allylic oxidation sites excluding steroid dienone is 2. The molecule has 1 unspecified atom stereocenters. The van der Waals surface area contributed by atoms with Gasteiger partial charge in [-0.2, -0.15) is 0 Å². The highest BCUT2D eigenvalue weighted by atomic mass is 28.3. The smallest absolute Gasteiger partial charge is 0.170 e. The summed E-state index contributed by atoms with van der Waals surface area (Å²) in [7, 11) is -0.671. The highest BCUT2D eigenvalue weighted by Crippen LogP contribution is 2.38. The minimum atomic E-state index is -0.671. The number of fused-ring (bicyclic) bond motifs is 2. The summed E-state index contributed by atoms with van der Waals surface area (Å²) in [6.07, 6.45) is 8.18. The molecule has 1 nitrogen and oxygen atoms in total. The van der Waals surface area contributed by atoms with Crippen molar-refractivity contribution in [1.82, 2.24) is 0 Å². The van der Waals surface area contributed by atoms with E-state index in [-0.39, 0.29) is 0 Å². The van der Waals surface area contributed by atoms with Crippen LogP contribution >= 0.6 is 0 Å². The number of rotatable bonds is 2. The summed E-state index contributed by atoms with van der Waals surface area (Å²) in [5.41, 5.74) is 1.74. The molecule has 0 saturated heterocycles. The minimum Gasteiger partial charge on any atom is -0.421 e. The Bertz CT molecular complexity index is 175. The van der Waals surface area contributed by atoms with Crippen LogP contribution < -0.4 is 0 Å². The average Bonchev–Trinajstić information content (AvgIpc) is 2.66. The fourth-order valence-corrected chi connectivity index (χ4v) is 2.68. The molecule has 76 valence electrons. The molecule has 0 heterocycles. The molecule has 1 saturated carbocycles. The van der Waals surface area contributed by atoms with Gasteiger partial charge in [-0.15, -0.1) is 0 Å². The Morgan fingerprint density at radius 3 is 2.38 bits per heavy atom. The SMILES string of the molecule is C1=C2CCC(C1)C2.CCO[SiH](C)C. The molecule has 13 heavy (non-hydrogen) atoms. The van der Waals surface area contributed by atoms with Gasteiger partial charge < -0.3 is 4.43 Å². The Hall–Kier alpha value is -0.0831. The molecule has 0 aromatic rings. The van der Waals surface area contributed by atoms with E-state index in [4.69, 9.17) is 4.43 Å². The van der Waals surface area contributed by atoms with E-state index in [1.54, 1.807) is 5.57 Å². The van der Waals surface area contributed by atoms with Crippen molar-refractivity contribution in [3.05, 3.63) is 11.6 Å². The van der Waals surface area contributed by atoms with E-state index in [0.717, 1.165) is 12.5 Å². The Labute approximate surface area is 83.9 Å². The molecule has 0 aromatic heterocycles. The normalized spacial score (nSPS) is 24.3. The zero-order chi connectivity index (χ0) is 9.68. The van der Waals surface area contributed by atoms with E-state index < -0.39 is 9.04 Å². The topological polar surface area (TPSA) is 9.23 Å². The summed E-state index contributed by atoms with van der Waals surface area (Å²) in [5.74, 6) is 1.08. The molecule has 0 N–H and O–H groups in total. The molecule has 0 aliphatic heterocycles. The van der Waals surface area contributed by atoms with Gasteiger partial charge in [0, 0.05) is 6.61 Å². The molecule has 0 amide bonds. The average molecular weight is 198 g/mol. The van der Waals surface area contributed by atoms with Crippen molar-refractivity contribution in [2.24, 2.45) is 5.92 Å². The highest BCUT2D eigenvalue weighted by molar-refractivity contribution is 6.48. The predicted octanol–water partition coefficient (Wildman–Crippen LogP) is 3.12. The first-order valence-electron chi connectivity index (χ1n) is 5.51. The van der Waals surface area contributed by atoms with Gasteiger partial charge in [0.05, 0.1) is 0 Å². The molecule has 0 aromatic carbocycles. The van der Waals surface area contributed by atoms with Gasteiger partial charge in [-0.25, -0.2) is 0 Å². The zero-order valence-electron chi connectivity index (χ0n) is 9.18. The molecule has 0 radical (unpaired) electrons. The third kappa shape index (κ3) is 4.10. The summed E-state index contributed by atoms with van der Waals surface area (Å²) in [5, 5.41) is 0. The second kappa shape index (κ2) is 5.61. The second-order valence-corrected chi connectivity index (χ2v) is 6.64. The van der Waals surface area contributed by atoms with Gasteiger partial charge in [0.1, 0.15) is 0 Å². The van der Waals surface area contributed by atoms with Crippen LogP contribution in [0.4, 0.5) is 0 Å². The van der Waals surface area contributed by atoms with Gasteiger partial charge in [0.15, 0.2) is 9.04 Å². The van der Waals surface area contributed by atoms with Crippen molar-refractivity contribution in [2.45, 2.75) is 45.7 Å². The number of hydrogen-bond acceptors (Lipinski definition) is 1. The molecule has 2 bridgehead atoms. The van der Waals surface area contributed by atoms with Crippen LogP contribution in [0.1, 0.15) is 32.6 Å². The lowest BCUT2D eigenvalue weighted by molar-refractivity contribution is 0.350. The predicted molar refractivity (Wildman–Crippen MR) is 60.5 cm³/mol. The third-order valence-corrected chi connectivity index (χ3v) is 3.66. The van der Waals surface area contributed by atoms with Crippen LogP contribution in [0, 0.1) is 5.92 Å². The third-order valence-electron chi connectivity index (χ3n) is 2.66. The molecule has 2 aliphatic rings. The van der Waals surface area contributed by atoms with Crippen molar-refractivity contribution in [2.75, 3.05) is 6.61 Å². The van der Waals surface area contributed by atoms with Crippen LogP contribution in [0.15, 0.2) is 11.6 Å². The maximum absolute atomic E-state index is 5.18. The first kappa shape index (κ1) is 11.0. The fourth-order valence-electron chi connectivity index (χ4n) is 2.02. The lowest BCUT2D eigenvalue weighted by Gasteiger charge is -1.98. The zero-order valence-corrected chi connectivity index (χ0v) is 10.3. The minimum absolute atomic E-state index is 0.671. The van der Waals surface area contributed by atoms with Crippen molar-refractivity contribution < 1.29 is 4.43 Å². The van der Waals surface area contributed by atoms with Crippen LogP contribution in [-0.2, 0) is 4.43 Å². The van der Waals surface area contributed by atoms with Gasteiger partial charge in [-0.3, -0.25) is 0 Å². The molecule has 2 aliphatic carbocycles. The highest BCUT2D eigenvalue weighted by Gasteiger charge is 2.22. The largest absolute Gasteiger partial charge is 0.421 e. The Balaban J connectivity index is 0.000000133. The lowest BCUT2D eigenvalue weighted by Crippen LogP contribution is -2.05. The van der Waals surface area contributed by atoms with Gasteiger partial charge in [-0.05, 0) is 51.6 Å². The van der Waals surface area contributed by atoms with E-state index in [2.05, 4.69) is 19.2 Å². The second-order valence-electron chi connectivity index (χ2n) is 4.21. The summed E-state index contributed by atoms with van der Waals surface area (Å²) in [6, 6.07) is 0. The van der Waals surface area contributed by atoms with Crippen LogP contribution in [0.5, 0.6) is 0 Å². The van der Waals surface area contributed by atoms with E-state index in [9.17, 15) is 0 Å². The van der Waals surface area contributed by atoms with Crippen LogP contribution in [0.3, 0.4) is 0 Å². The van der Waals surface area contributed by atoms with Gasteiger partial charge >= 0.3 is 0 Å². The van der Waals surface area contributed by atoms with Crippen LogP contribution in [-0.4, -0.2) is 15.6 Å². The molecule has 1 fully saturated rings. The molecule has 0 spiro atoms. The maximum Gasteiger partial charge on any atom is 0.170 e. The van der Waals surface area contributed by atoms with Crippen molar-refractivity contribution in [3.63, 3.8) is 0 Å². The molecule has 2 rings (SSSR count). The fraction of sp³-hybridized carbons (Fsp3) is 0.818. The van der Waals surface area contributed by atoms with Gasteiger partial charge in [-0.1, -0.05) is 11.6 Å². The van der Waals surface area contributed by atoms with Crippen molar-refractivity contribution >= 4 is 9.04 Å². The standard InChI is InChI=1S/C7H10.C4H12OSi/c1-2-7-4-3-6(1)5-7;1-4-5-6(2)3/h1,7H,2-5H2;6H,4H2,1-3H3. The van der Waals surface area contributed by atoms with Gasteiger partial charge in [0.2, 0.25) is 0 Å². The first-order valence-corrected chi connectivity index (χ1v) is 8.30. The van der Waals surface area contributed by atoms with Gasteiger partial charge in [0.25, 0.3) is 0 Å². The number of hydrogen-bond donors (Lipinski definition) is 0. The Morgan fingerprint density at radius 2 is 2.31 bits per heavy atom. The molecular formula is C11H22OSi. The summed E-state index contributed by atoms with van der Waals surface area (Å²) in [4.78, 5) is 0. The summed E-state index contributed by atoms with van der Waals surface area (Å²) in [6.45, 7) is 7.27. The van der Waals surface area contributed by atoms with Crippen molar-refractivity contribution in [1.29, 1.82) is 0 Å². The van der Waals surface area contributed by atoms with E-state index >= 15 is 0 Å². The quantitative estimate of drug-likeness (QED) is 0.489. The maximum atomic E-state index is 5.18. The summed E-state index contributed by atoms with van der Waals surface area (Å²) >= 11 is 0. The first-order chi connectivity index (χ1) is 6.22. The Morgan fingerprint density at radius 1 is 1.54 bits per heavy atom.